The van der Waals surface area contributed by atoms with Crippen molar-refractivity contribution in [3.05, 3.63) is 23.7 Å². The first-order valence-corrected chi connectivity index (χ1v) is 5.70. The molecule has 2 N–H and O–H groups in total. The van der Waals surface area contributed by atoms with Crippen molar-refractivity contribution in [2.75, 3.05) is 13.2 Å². The van der Waals surface area contributed by atoms with Gasteiger partial charge in [0.05, 0.1) is 6.54 Å². The molecule has 0 amide bonds. The number of aliphatic hydroxyl groups is 1. The van der Waals surface area contributed by atoms with Gasteiger partial charge in [-0.3, -0.25) is 0 Å². The third kappa shape index (κ3) is 5.60. The van der Waals surface area contributed by atoms with Crippen LogP contribution < -0.4 is 5.32 Å². The number of aryl methyl sites for hydroxylation is 1. The van der Waals surface area contributed by atoms with Crippen molar-refractivity contribution >= 4 is 0 Å². The molecule has 0 aliphatic heterocycles. The third-order valence-electron chi connectivity index (χ3n) is 2.36. The van der Waals surface area contributed by atoms with Crippen LogP contribution in [0.25, 0.3) is 0 Å². The first-order valence-electron chi connectivity index (χ1n) is 5.70. The molecule has 0 bridgehead atoms. The molecule has 0 aliphatic carbocycles. The standard InChI is InChI=1S/C12H21NO2/c1-11-6-7-12(15-11)10-13-8-4-2-3-5-9-14/h6-7,13-14H,2-5,8-10H2,1H3. The molecule has 0 fully saturated rings. The Bertz CT molecular complexity index is 258. The largest absolute Gasteiger partial charge is 0.465 e. The van der Waals surface area contributed by atoms with Crippen LogP contribution in [0.15, 0.2) is 16.5 Å². The van der Waals surface area contributed by atoms with Crippen LogP contribution in [0.1, 0.15) is 37.2 Å². The molecule has 0 aliphatic rings. The van der Waals surface area contributed by atoms with Crippen LogP contribution >= 0.6 is 0 Å². The minimum absolute atomic E-state index is 0.319. The van der Waals surface area contributed by atoms with Gasteiger partial charge in [0.2, 0.25) is 0 Å². The number of furan rings is 1. The van der Waals surface area contributed by atoms with Crippen LogP contribution in [-0.2, 0) is 6.54 Å². The molecule has 0 atom stereocenters. The fourth-order valence-electron chi connectivity index (χ4n) is 1.51. The predicted molar refractivity (Wildman–Crippen MR) is 60.7 cm³/mol. The average molecular weight is 211 g/mol. The lowest BCUT2D eigenvalue weighted by Crippen LogP contribution is -2.14. The molecule has 0 spiro atoms. The van der Waals surface area contributed by atoms with E-state index in [1.54, 1.807) is 0 Å². The van der Waals surface area contributed by atoms with Crippen molar-refractivity contribution in [3.63, 3.8) is 0 Å². The maximum absolute atomic E-state index is 8.59. The maximum atomic E-state index is 8.59. The van der Waals surface area contributed by atoms with E-state index in [1.165, 1.54) is 12.8 Å². The zero-order valence-corrected chi connectivity index (χ0v) is 9.46. The highest BCUT2D eigenvalue weighted by molar-refractivity contribution is 5.04. The van der Waals surface area contributed by atoms with E-state index in [4.69, 9.17) is 9.52 Å². The van der Waals surface area contributed by atoms with E-state index in [9.17, 15) is 0 Å². The van der Waals surface area contributed by atoms with E-state index in [-0.39, 0.29) is 0 Å². The molecule has 1 aromatic heterocycles. The minimum atomic E-state index is 0.319. The van der Waals surface area contributed by atoms with E-state index in [2.05, 4.69) is 5.32 Å². The second-order valence-electron chi connectivity index (χ2n) is 3.83. The zero-order chi connectivity index (χ0) is 10.9. The van der Waals surface area contributed by atoms with Gasteiger partial charge in [-0.05, 0) is 38.4 Å². The van der Waals surface area contributed by atoms with Crippen molar-refractivity contribution in [1.29, 1.82) is 0 Å². The molecule has 1 rings (SSSR count). The minimum Gasteiger partial charge on any atom is -0.465 e. The molecule has 3 nitrogen and oxygen atoms in total. The summed E-state index contributed by atoms with van der Waals surface area (Å²) >= 11 is 0. The summed E-state index contributed by atoms with van der Waals surface area (Å²) in [7, 11) is 0. The number of rotatable bonds is 8. The molecule has 0 saturated carbocycles. The molecule has 15 heavy (non-hydrogen) atoms. The molecule has 0 saturated heterocycles. The van der Waals surface area contributed by atoms with E-state index in [0.29, 0.717) is 6.61 Å². The van der Waals surface area contributed by atoms with Gasteiger partial charge in [-0.25, -0.2) is 0 Å². The second kappa shape index (κ2) is 7.49. The third-order valence-corrected chi connectivity index (χ3v) is 2.36. The van der Waals surface area contributed by atoms with Gasteiger partial charge in [0, 0.05) is 6.61 Å². The predicted octanol–water partition coefficient (Wildman–Crippen LogP) is 2.23. The Balaban J connectivity index is 1.93. The Labute approximate surface area is 91.5 Å². The second-order valence-corrected chi connectivity index (χ2v) is 3.83. The van der Waals surface area contributed by atoms with Gasteiger partial charge in [-0.15, -0.1) is 0 Å². The average Bonchev–Trinajstić information content (AvgIpc) is 2.63. The lowest BCUT2D eigenvalue weighted by atomic mass is 10.2. The van der Waals surface area contributed by atoms with Crippen LogP contribution in [0.4, 0.5) is 0 Å². The van der Waals surface area contributed by atoms with Crippen LogP contribution in [-0.4, -0.2) is 18.3 Å². The van der Waals surface area contributed by atoms with Gasteiger partial charge >= 0.3 is 0 Å². The Hall–Kier alpha value is -0.800. The van der Waals surface area contributed by atoms with Crippen LogP contribution in [0.5, 0.6) is 0 Å². The topological polar surface area (TPSA) is 45.4 Å². The lowest BCUT2D eigenvalue weighted by molar-refractivity contribution is 0.282. The number of hydrogen-bond donors (Lipinski definition) is 2. The summed E-state index contributed by atoms with van der Waals surface area (Å²) in [6, 6.07) is 3.99. The van der Waals surface area contributed by atoms with Gasteiger partial charge in [0.1, 0.15) is 11.5 Å². The summed E-state index contributed by atoms with van der Waals surface area (Å²) < 4.78 is 5.43. The van der Waals surface area contributed by atoms with Crippen LogP contribution in [0.3, 0.4) is 0 Å². The van der Waals surface area contributed by atoms with Crippen LogP contribution in [0, 0.1) is 6.92 Å². The quantitative estimate of drug-likeness (QED) is 0.648. The summed E-state index contributed by atoms with van der Waals surface area (Å²) in [4.78, 5) is 0. The van der Waals surface area contributed by atoms with Gasteiger partial charge in [-0.1, -0.05) is 12.8 Å². The Kier molecular flexibility index (Phi) is 6.12. The molecular weight excluding hydrogens is 190 g/mol. The molecule has 0 unspecified atom stereocenters. The highest BCUT2D eigenvalue weighted by Gasteiger charge is 1.96. The fraction of sp³-hybridized carbons (Fsp3) is 0.667. The van der Waals surface area contributed by atoms with Gasteiger partial charge in [-0.2, -0.15) is 0 Å². The summed E-state index contributed by atoms with van der Waals surface area (Å²) in [5, 5.41) is 11.9. The van der Waals surface area contributed by atoms with Crippen molar-refractivity contribution in [2.24, 2.45) is 0 Å². The number of unbranched alkanes of at least 4 members (excludes halogenated alkanes) is 3. The summed E-state index contributed by atoms with van der Waals surface area (Å²) in [6.07, 6.45) is 4.40. The summed E-state index contributed by atoms with van der Waals surface area (Å²) in [6.45, 7) is 4.11. The number of nitrogens with one attached hydrogen (secondary N) is 1. The van der Waals surface area contributed by atoms with Gasteiger partial charge < -0.3 is 14.8 Å². The van der Waals surface area contributed by atoms with E-state index < -0.39 is 0 Å². The van der Waals surface area contributed by atoms with E-state index >= 15 is 0 Å². The number of aliphatic hydroxyl groups excluding tert-OH is 1. The van der Waals surface area contributed by atoms with Crippen molar-refractivity contribution < 1.29 is 9.52 Å². The van der Waals surface area contributed by atoms with E-state index in [1.807, 2.05) is 19.1 Å². The monoisotopic (exact) mass is 211 g/mol. The molecule has 0 aromatic carbocycles. The van der Waals surface area contributed by atoms with Crippen molar-refractivity contribution in [2.45, 2.75) is 39.2 Å². The SMILES string of the molecule is Cc1ccc(CNCCCCCCO)o1. The molecule has 1 aromatic rings. The molecular formula is C12H21NO2. The van der Waals surface area contributed by atoms with Crippen molar-refractivity contribution in [1.82, 2.24) is 5.32 Å². The smallest absolute Gasteiger partial charge is 0.117 e. The lowest BCUT2D eigenvalue weighted by Gasteiger charge is -2.02. The Morgan fingerprint density at radius 3 is 2.67 bits per heavy atom. The molecule has 86 valence electrons. The van der Waals surface area contributed by atoms with Crippen LogP contribution in [0.2, 0.25) is 0 Å². The highest BCUT2D eigenvalue weighted by atomic mass is 16.3. The zero-order valence-electron chi connectivity index (χ0n) is 9.46. The fourth-order valence-corrected chi connectivity index (χ4v) is 1.51. The first kappa shape index (κ1) is 12.3. The Morgan fingerprint density at radius 2 is 2.00 bits per heavy atom. The number of hydrogen-bond acceptors (Lipinski definition) is 3. The molecule has 3 heteroatoms. The molecule has 0 radical (unpaired) electrons. The first-order chi connectivity index (χ1) is 7.33. The highest BCUT2D eigenvalue weighted by Crippen LogP contribution is 2.05. The van der Waals surface area contributed by atoms with E-state index in [0.717, 1.165) is 37.5 Å². The summed E-state index contributed by atoms with van der Waals surface area (Å²) in [5.74, 6) is 1.97. The molecule has 1 heterocycles. The normalized spacial score (nSPS) is 10.8. The maximum Gasteiger partial charge on any atom is 0.117 e. The van der Waals surface area contributed by atoms with Gasteiger partial charge in [0.15, 0.2) is 0 Å². The Morgan fingerprint density at radius 1 is 1.20 bits per heavy atom. The van der Waals surface area contributed by atoms with Crippen molar-refractivity contribution in [3.8, 4) is 0 Å². The summed E-state index contributed by atoms with van der Waals surface area (Å²) in [5.41, 5.74) is 0. The van der Waals surface area contributed by atoms with Gasteiger partial charge in [0.25, 0.3) is 0 Å².